The van der Waals surface area contributed by atoms with E-state index in [2.05, 4.69) is 4.90 Å². The van der Waals surface area contributed by atoms with Gasteiger partial charge in [0.15, 0.2) is 0 Å². The van der Waals surface area contributed by atoms with Gasteiger partial charge in [-0.2, -0.15) is 0 Å². The van der Waals surface area contributed by atoms with Crippen molar-refractivity contribution in [2.45, 2.75) is 38.3 Å². The number of likely N-dealkylation sites (tertiary alicyclic amines) is 1. The maximum Gasteiger partial charge on any atom is 0.339 e. The monoisotopic (exact) mass is 329 g/mol. The molecule has 2 heterocycles. The molecule has 1 fully saturated rings. The summed E-state index contributed by atoms with van der Waals surface area (Å²) in [6.07, 6.45) is 6.34. The van der Waals surface area contributed by atoms with Crippen molar-refractivity contribution < 1.29 is 19.1 Å². The third-order valence-electron chi connectivity index (χ3n) is 4.62. The van der Waals surface area contributed by atoms with Crippen molar-refractivity contribution in [3.63, 3.8) is 0 Å². The van der Waals surface area contributed by atoms with E-state index in [9.17, 15) is 9.90 Å². The van der Waals surface area contributed by atoms with Crippen molar-refractivity contribution in [1.82, 2.24) is 4.90 Å². The van der Waals surface area contributed by atoms with Gasteiger partial charge in [-0.3, -0.25) is 4.90 Å². The summed E-state index contributed by atoms with van der Waals surface area (Å²) in [6.45, 7) is 1.69. The molecule has 1 unspecified atom stereocenters. The molecule has 1 saturated heterocycles. The van der Waals surface area contributed by atoms with Crippen molar-refractivity contribution in [3.05, 3.63) is 53.5 Å². The zero-order chi connectivity index (χ0) is 16.9. The van der Waals surface area contributed by atoms with Crippen molar-refractivity contribution in [2.24, 2.45) is 0 Å². The maximum absolute atomic E-state index is 11.4. The van der Waals surface area contributed by atoms with E-state index in [1.807, 2.05) is 18.2 Å². The second kappa shape index (κ2) is 7.53. The molecule has 0 spiro atoms. The lowest BCUT2D eigenvalue weighted by Gasteiger charge is -2.28. The van der Waals surface area contributed by atoms with Gasteiger partial charge in [0.25, 0.3) is 0 Å². The van der Waals surface area contributed by atoms with Gasteiger partial charge in [-0.05, 0) is 49.2 Å². The van der Waals surface area contributed by atoms with Gasteiger partial charge in [0.1, 0.15) is 17.1 Å². The van der Waals surface area contributed by atoms with E-state index < -0.39 is 5.97 Å². The van der Waals surface area contributed by atoms with E-state index in [1.54, 1.807) is 18.4 Å². The Morgan fingerprint density at radius 2 is 2.21 bits per heavy atom. The molecule has 5 nitrogen and oxygen atoms in total. The van der Waals surface area contributed by atoms with E-state index in [1.165, 1.54) is 20.0 Å². The normalized spacial score (nSPS) is 19.0. The standard InChI is InChI=1S/C19H23NO4/c1-23-17-9-8-14(12-15(17)19(21)22)13-20-10-4-2-3-6-16(20)18-7-5-11-24-18/h5,7-9,11-12,16H,2-4,6,10,13H2,1H3,(H,21,22). The maximum atomic E-state index is 11.4. The van der Waals surface area contributed by atoms with E-state index in [-0.39, 0.29) is 11.6 Å². The van der Waals surface area contributed by atoms with Crippen LogP contribution in [-0.4, -0.2) is 29.6 Å². The molecular weight excluding hydrogens is 306 g/mol. The van der Waals surface area contributed by atoms with Gasteiger partial charge in [0.2, 0.25) is 0 Å². The topological polar surface area (TPSA) is 62.9 Å². The molecule has 1 aliphatic rings. The lowest BCUT2D eigenvalue weighted by molar-refractivity contribution is 0.0693. The third kappa shape index (κ3) is 3.62. The van der Waals surface area contributed by atoms with Crippen LogP contribution in [0.4, 0.5) is 0 Å². The molecule has 0 saturated carbocycles. The number of benzene rings is 1. The summed E-state index contributed by atoms with van der Waals surface area (Å²) >= 11 is 0. The van der Waals surface area contributed by atoms with Crippen molar-refractivity contribution in [1.29, 1.82) is 0 Å². The van der Waals surface area contributed by atoms with Crippen molar-refractivity contribution >= 4 is 5.97 Å². The molecule has 2 aromatic rings. The van der Waals surface area contributed by atoms with Crippen LogP contribution in [0.25, 0.3) is 0 Å². The first-order valence-electron chi connectivity index (χ1n) is 8.36. The summed E-state index contributed by atoms with van der Waals surface area (Å²) in [5.74, 6) is 0.417. The van der Waals surface area contributed by atoms with Crippen LogP contribution in [0.1, 0.15) is 53.4 Å². The molecule has 1 aliphatic heterocycles. The highest BCUT2D eigenvalue weighted by Gasteiger charge is 2.25. The van der Waals surface area contributed by atoms with Gasteiger partial charge in [0.05, 0.1) is 19.4 Å². The first-order valence-corrected chi connectivity index (χ1v) is 8.36. The number of hydrogen-bond acceptors (Lipinski definition) is 4. The van der Waals surface area contributed by atoms with Crippen LogP contribution in [0.3, 0.4) is 0 Å². The minimum atomic E-state index is -0.966. The van der Waals surface area contributed by atoms with Crippen molar-refractivity contribution in [3.8, 4) is 5.75 Å². The molecule has 24 heavy (non-hydrogen) atoms. The molecule has 0 aliphatic carbocycles. The first-order chi connectivity index (χ1) is 11.7. The van der Waals surface area contributed by atoms with Gasteiger partial charge in [-0.15, -0.1) is 0 Å². The smallest absolute Gasteiger partial charge is 0.339 e. The number of carbonyl (C=O) groups is 1. The SMILES string of the molecule is COc1ccc(CN2CCCCCC2c2ccco2)cc1C(=O)O. The Hall–Kier alpha value is -2.27. The quantitative estimate of drug-likeness (QED) is 0.894. The number of methoxy groups -OCH3 is 1. The Morgan fingerprint density at radius 3 is 2.92 bits per heavy atom. The molecule has 1 N–H and O–H groups in total. The molecule has 0 bridgehead atoms. The molecule has 0 amide bonds. The van der Waals surface area contributed by atoms with Gasteiger partial charge in [0, 0.05) is 6.54 Å². The summed E-state index contributed by atoms with van der Waals surface area (Å²) in [5.41, 5.74) is 1.19. The zero-order valence-electron chi connectivity index (χ0n) is 13.9. The Kier molecular flexibility index (Phi) is 5.20. The number of hydrogen-bond donors (Lipinski definition) is 1. The second-order valence-electron chi connectivity index (χ2n) is 6.19. The van der Waals surface area contributed by atoms with Crippen molar-refractivity contribution in [2.75, 3.05) is 13.7 Å². The minimum Gasteiger partial charge on any atom is -0.496 e. The van der Waals surface area contributed by atoms with Crippen LogP contribution < -0.4 is 4.74 Å². The number of carboxylic acid groups (broad SMARTS) is 1. The summed E-state index contributed by atoms with van der Waals surface area (Å²) < 4.78 is 10.8. The largest absolute Gasteiger partial charge is 0.496 e. The number of nitrogens with zero attached hydrogens (tertiary/aromatic N) is 1. The van der Waals surface area contributed by atoms with Crippen LogP contribution in [0.5, 0.6) is 5.75 Å². The Bertz CT molecular complexity index is 681. The van der Waals surface area contributed by atoms with Crippen LogP contribution in [-0.2, 0) is 6.54 Å². The Labute approximate surface area is 141 Å². The fourth-order valence-corrected chi connectivity index (χ4v) is 3.42. The van der Waals surface area contributed by atoms with Crippen LogP contribution in [0.2, 0.25) is 0 Å². The number of rotatable bonds is 5. The van der Waals surface area contributed by atoms with Crippen LogP contribution >= 0.6 is 0 Å². The fourth-order valence-electron chi connectivity index (χ4n) is 3.42. The van der Waals surface area contributed by atoms with E-state index in [4.69, 9.17) is 9.15 Å². The third-order valence-corrected chi connectivity index (χ3v) is 4.62. The molecule has 0 radical (unpaired) electrons. The van der Waals surface area contributed by atoms with Crippen LogP contribution in [0.15, 0.2) is 41.0 Å². The predicted molar refractivity (Wildman–Crippen MR) is 90.3 cm³/mol. The summed E-state index contributed by atoms with van der Waals surface area (Å²) in [6, 6.07) is 9.59. The Balaban J connectivity index is 1.84. The summed E-state index contributed by atoms with van der Waals surface area (Å²) in [5, 5.41) is 9.37. The average molecular weight is 329 g/mol. The average Bonchev–Trinajstić information content (AvgIpc) is 3.02. The molecule has 5 heteroatoms. The highest BCUT2D eigenvalue weighted by molar-refractivity contribution is 5.91. The lowest BCUT2D eigenvalue weighted by Crippen LogP contribution is -2.28. The highest BCUT2D eigenvalue weighted by Crippen LogP contribution is 2.32. The molecular formula is C19H23NO4. The van der Waals surface area contributed by atoms with E-state index in [0.717, 1.165) is 30.7 Å². The number of ether oxygens (including phenoxy) is 1. The number of furan rings is 1. The molecule has 1 atom stereocenters. The lowest BCUT2D eigenvalue weighted by atomic mass is 10.1. The molecule has 1 aromatic carbocycles. The molecule has 1 aromatic heterocycles. The first kappa shape index (κ1) is 16.6. The van der Waals surface area contributed by atoms with Crippen LogP contribution in [0, 0.1) is 0 Å². The van der Waals surface area contributed by atoms with Gasteiger partial charge >= 0.3 is 5.97 Å². The highest BCUT2D eigenvalue weighted by atomic mass is 16.5. The zero-order valence-corrected chi connectivity index (χ0v) is 13.9. The summed E-state index contributed by atoms with van der Waals surface area (Å²) in [4.78, 5) is 13.8. The molecule has 128 valence electrons. The van der Waals surface area contributed by atoms with Gasteiger partial charge < -0.3 is 14.3 Å². The van der Waals surface area contributed by atoms with E-state index in [0.29, 0.717) is 12.3 Å². The van der Waals surface area contributed by atoms with E-state index >= 15 is 0 Å². The summed E-state index contributed by atoms with van der Waals surface area (Å²) in [7, 11) is 1.49. The number of aromatic carboxylic acids is 1. The number of carboxylic acids is 1. The molecule has 3 rings (SSSR count). The Morgan fingerprint density at radius 1 is 1.33 bits per heavy atom. The fraction of sp³-hybridized carbons (Fsp3) is 0.421. The minimum absolute atomic E-state index is 0.208. The second-order valence-corrected chi connectivity index (χ2v) is 6.19. The van der Waals surface area contributed by atoms with Gasteiger partial charge in [-0.1, -0.05) is 18.9 Å². The van der Waals surface area contributed by atoms with Gasteiger partial charge in [-0.25, -0.2) is 4.79 Å². The predicted octanol–water partition coefficient (Wildman–Crippen LogP) is 4.10.